The van der Waals surface area contributed by atoms with Crippen LogP contribution in [-0.4, -0.2) is 45.9 Å². The SMILES string of the molecule is NC1CCN(Cc2cn3c(C(=O)NCC(CC4CC4)c4ccccc4)cccc3n2)C1. The zero-order chi connectivity index (χ0) is 21.2. The molecule has 3 heterocycles. The lowest BCUT2D eigenvalue weighted by Crippen LogP contribution is -2.30. The first-order chi connectivity index (χ1) is 15.2. The number of nitrogens with one attached hydrogen (secondary N) is 1. The predicted octanol–water partition coefficient (Wildman–Crippen LogP) is 3.18. The molecule has 6 nitrogen and oxygen atoms in total. The summed E-state index contributed by atoms with van der Waals surface area (Å²) in [6.45, 7) is 3.34. The van der Waals surface area contributed by atoms with Crippen molar-refractivity contribution in [2.24, 2.45) is 11.7 Å². The molecule has 1 amide bonds. The largest absolute Gasteiger partial charge is 0.350 e. The zero-order valence-electron chi connectivity index (χ0n) is 17.9. The summed E-state index contributed by atoms with van der Waals surface area (Å²) in [7, 11) is 0. The molecule has 162 valence electrons. The number of carbonyl (C=O) groups is 1. The highest BCUT2D eigenvalue weighted by Gasteiger charge is 2.27. The van der Waals surface area contributed by atoms with Crippen LogP contribution < -0.4 is 11.1 Å². The van der Waals surface area contributed by atoms with Crippen molar-refractivity contribution in [3.63, 3.8) is 0 Å². The predicted molar refractivity (Wildman–Crippen MR) is 122 cm³/mol. The fourth-order valence-electron chi connectivity index (χ4n) is 4.68. The van der Waals surface area contributed by atoms with Gasteiger partial charge in [0.1, 0.15) is 11.3 Å². The third-order valence-corrected chi connectivity index (χ3v) is 6.56. The van der Waals surface area contributed by atoms with Crippen molar-refractivity contribution in [2.45, 2.75) is 44.2 Å². The molecule has 2 unspecified atom stereocenters. The van der Waals surface area contributed by atoms with Crippen LogP contribution in [0.1, 0.15) is 53.3 Å². The highest BCUT2D eigenvalue weighted by Crippen LogP contribution is 2.38. The molecule has 2 atom stereocenters. The second kappa shape index (κ2) is 8.81. The maximum absolute atomic E-state index is 13.1. The molecule has 3 N–H and O–H groups in total. The quantitative estimate of drug-likeness (QED) is 0.590. The molecule has 31 heavy (non-hydrogen) atoms. The van der Waals surface area contributed by atoms with Gasteiger partial charge in [0.05, 0.1) is 5.69 Å². The first kappa shape index (κ1) is 20.2. The summed E-state index contributed by atoms with van der Waals surface area (Å²) in [6.07, 6.45) is 6.80. The Morgan fingerprint density at radius 3 is 2.71 bits per heavy atom. The average molecular weight is 418 g/mol. The van der Waals surface area contributed by atoms with Crippen molar-refractivity contribution in [2.75, 3.05) is 19.6 Å². The summed E-state index contributed by atoms with van der Waals surface area (Å²) in [5.74, 6) is 1.12. The van der Waals surface area contributed by atoms with Crippen LogP contribution in [0.2, 0.25) is 0 Å². The van der Waals surface area contributed by atoms with Gasteiger partial charge in [-0.25, -0.2) is 4.98 Å². The molecule has 2 aromatic heterocycles. The molecule has 5 rings (SSSR count). The molecule has 6 heteroatoms. The van der Waals surface area contributed by atoms with Crippen molar-refractivity contribution in [3.05, 3.63) is 71.7 Å². The van der Waals surface area contributed by atoms with E-state index in [0.29, 0.717) is 18.2 Å². The van der Waals surface area contributed by atoms with Gasteiger partial charge in [-0.15, -0.1) is 0 Å². The highest BCUT2D eigenvalue weighted by molar-refractivity contribution is 5.93. The molecule has 3 aromatic rings. The molecule has 0 radical (unpaired) electrons. The Kier molecular flexibility index (Phi) is 5.74. The second-order valence-corrected chi connectivity index (χ2v) is 9.15. The number of likely N-dealkylation sites (tertiary alicyclic amines) is 1. The summed E-state index contributed by atoms with van der Waals surface area (Å²) < 4.78 is 1.92. The molecule has 1 aliphatic carbocycles. The highest BCUT2D eigenvalue weighted by atomic mass is 16.1. The number of nitrogens with zero attached hydrogens (tertiary/aromatic N) is 3. The fourth-order valence-corrected chi connectivity index (χ4v) is 4.68. The smallest absolute Gasteiger partial charge is 0.268 e. The number of benzene rings is 1. The maximum Gasteiger partial charge on any atom is 0.268 e. The van der Waals surface area contributed by atoms with Gasteiger partial charge in [-0.05, 0) is 36.5 Å². The Balaban J connectivity index is 1.29. The number of pyridine rings is 1. The summed E-state index contributed by atoms with van der Waals surface area (Å²) in [5, 5.41) is 3.20. The molecular weight excluding hydrogens is 386 g/mol. The molecule has 1 aliphatic heterocycles. The second-order valence-electron chi connectivity index (χ2n) is 9.15. The molecule has 0 bridgehead atoms. The van der Waals surface area contributed by atoms with E-state index in [4.69, 9.17) is 10.7 Å². The summed E-state index contributed by atoms with van der Waals surface area (Å²) in [5.41, 5.74) is 9.76. The number of carbonyl (C=O) groups excluding carboxylic acids is 1. The van der Waals surface area contributed by atoms with Crippen molar-refractivity contribution in [1.29, 1.82) is 0 Å². The van der Waals surface area contributed by atoms with Gasteiger partial charge in [-0.3, -0.25) is 14.1 Å². The van der Waals surface area contributed by atoms with Gasteiger partial charge in [-0.2, -0.15) is 0 Å². The molecule has 2 aliphatic rings. The van der Waals surface area contributed by atoms with Gasteiger partial charge >= 0.3 is 0 Å². The van der Waals surface area contributed by atoms with E-state index in [2.05, 4.69) is 34.5 Å². The third-order valence-electron chi connectivity index (χ3n) is 6.56. The number of nitrogens with two attached hydrogens (primary N) is 1. The topological polar surface area (TPSA) is 75.7 Å². The first-order valence-electron chi connectivity index (χ1n) is 11.4. The minimum Gasteiger partial charge on any atom is -0.350 e. The lowest BCUT2D eigenvalue weighted by molar-refractivity contribution is 0.0944. The lowest BCUT2D eigenvalue weighted by Gasteiger charge is -2.18. The molecule has 0 spiro atoms. The van der Waals surface area contributed by atoms with E-state index in [0.717, 1.165) is 49.7 Å². The van der Waals surface area contributed by atoms with Crippen molar-refractivity contribution < 1.29 is 4.79 Å². The van der Waals surface area contributed by atoms with Crippen LogP contribution in [0.25, 0.3) is 5.65 Å². The Morgan fingerprint density at radius 2 is 1.97 bits per heavy atom. The van der Waals surface area contributed by atoms with Gasteiger partial charge in [-0.1, -0.05) is 49.2 Å². The van der Waals surface area contributed by atoms with Gasteiger partial charge in [0, 0.05) is 44.3 Å². The van der Waals surface area contributed by atoms with Crippen molar-refractivity contribution in [3.8, 4) is 0 Å². The van der Waals surface area contributed by atoms with Crippen molar-refractivity contribution >= 4 is 11.6 Å². The number of hydrogen-bond acceptors (Lipinski definition) is 4. The van der Waals surface area contributed by atoms with E-state index in [9.17, 15) is 4.79 Å². The van der Waals surface area contributed by atoms with E-state index in [1.807, 2.05) is 34.9 Å². The Hall–Kier alpha value is -2.70. The third kappa shape index (κ3) is 4.81. The normalized spacial score (nSPS) is 20.2. The standard InChI is InChI=1S/C25H31N5O/c26-21-11-12-29(15-21)16-22-17-30-23(7-4-8-24(30)28-22)25(31)27-14-20(13-18-9-10-18)19-5-2-1-3-6-19/h1-8,17-18,20-21H,9-16,26H2,(H,27,31). The number of fused-ring (bicyclic) bond motifs is 1. The van der Waals surface area contributed by atoms with E-state index >= 15 is 0 Å². The molecule has 1 saturated carbocycles. The van der Waals surface area contributed by atoms with Crippen LogP contribution >= 0.6 is 0 Å². The zero-order valence-corrected chi connectivity index (χ0v) is 17.9. The molecular formula is C25H31N5O. The van der Waals surface area contributed by atoms with E-state index in [1.54, 1.807) is 0 Å². The molecule has 1 saturated heterocycles. The van der Waals surface area contributed by atoms with Gasteiger partial charge < -0.3 is 11.1 Å². The van der Waals surface area contributed by atoms with Crippen LogP contribution in [0.3, 0.4) is 0 Å². The molecule has 1 aromatic carbocycles. The lowest BCUT2D eigenvalue weighted by atomic mass is 9.93. The number of amides is 1. The van der Waals surface area contributed by atoms with E-state index in [-0.39, 0.29) is 11.9 Å². The minimum atomic E-state index is -0.0468. The van der Waals surface area contributed by atoms with E-state index in [1.165, 1.54) is 18.4 Å². The number of imidazole rings is 1. The number of rotatable bonds is 8. The monoisotopic (exact) mass is 417 g/mol. The maximum atomic E-state index is 13.1. The number of hydrogen-bond donors (Lipinski definition) is 2. The van der Waals surface area contributed by atoms with E-state index < -0.39 is 0 Å². The molecule has 2 fully saturated rings. The van der Waals surface area contributed by atoms with Crippen LogP contribution in [0, 0.1) is 5.92 Å². The van der Waals surface area contributed by atoms with Crippen molar-refractivity contribution in [1.82, 2.24) is 19.6 Å². The fraction of sp³-hybridized carbons (Fsp3) is 0.440. The summed E-state index contributed by atoms with van der Waals surface area (Å²) in [4.78, 5) is 20.2. The summed E-state index contributed by atoms with van der Waals surface area (Å²) >= 11 is 0. The first-order valence-corrected chi connectivity index (χ1v) is 11.4. The van der Waals surface area contributed by atoms with Gasteiger partial charge in [0.2, 0.25) is 0 Å². The van der Waals surface area contributed by atoms with Crippen LogP contribution in [0.15, 0.2) is 54.7 Å². The van der Waals surface area contributed by atoms with Crippen LogP contribution in [0.5, 0.6) is 0 Å². The minimum absolute atomic E-state index is 0.0468. The van der Waals surface area contributed by atoms with Crippen LogP contribution in [-0.2, 0) is 6.54 Å². The number of aromatic nitrogens is 2. The Labute approximate surface area is 183 Å². The van der Waals surface area contributed by atoms with Gasteiger partial charge in [0.15, 0.2) is 0 Å². The average Bonchev–Trinajstić information content (AvgIpc) is 3.37. The Morgan fingerprint density at radius 1 is 1.13 bits per heavy atom. The summed E-state index contributed by atoms with van der Waals surface area (Å²) in [6, 6.07) is 16.5. The van der Waals surface area contributed by atoms with Gasteiger partial charge in [0.25, 0.3) is 5.91 Å². The van der Waals surface area contributed by atoms with Crippen LogP contribution in [0.4, 0.5) is 0 Å². The Bertz CT molecular complexity index is 1040.